The number of aromatic nitrogens is 1. The van der Waals surface area contributed by atoms with Gasteiger partial charge in [-0.2, -0.15) is 0 Å². The first-order chi connectivity index (χ1) is 22.7. The summed E-state index contributed by atoms with van der Waals surface area (Å²) in [5, 5.41) is 4.82. The van der Waals surface area contributed by atoms with Crippen molar-refractivity contribution in [2.24, 2.45) is 0 Å². The molecular weight excluding hydrogens is 560 g/mol. The molecule has 3 heteroatoms. The van der Waals surface area contributed by atoms with Gasteiger partial charge in [-0.1, -0.05) is 90.5 Å². The van der Waals surface area contributed by atoms with Crippen LogP contribution in [0.4, 0.5) is 17.1 Å². The van der Waals surface area contributed by atoms with Gasteiger partial charge in [-0.25, -0.2) is 0 Å². The largest absolute Gasteiger partial charge is 0.456 e. The zero-order chi connectivity index (χ0) is 30.6. The van der Waals surface area contributed by atoms with Crippen LogP contribution in [-0.4, -0.2) is 4.57 Å². The summed E-state index contributed by atoms with van der Waals surface area (Å²) in [6.07, 6.45) is 0. The van der Waals surface area contributed by atoms with E-state index < -0.39 is 0 Å². The monoisotopic (exact) mass is 590 g/mol. The van der Waals surface area contributed by atoms with E-state index in [-0.39, 0.29) is 0 Å². The van der Waals surface area contributed by atoms with Crippen molar-refractivity contribution in [3.63, 3.8) is 0 Å². The Hall–Kier alpha value is -6.06. The Balaban J connectivity index is 1.11. The van der Waals surface area contributed by atoms with Gasteiger partial charge in [0.2, 0.25) is 0 Å². The molecule has 0 amide bonds. The smallest absolute Gasteiger partial charge is 0.135 e. The third kappa shape index (κ3) is 4.28. The molecular formula is C43H30N2O. The molecule has 0 spiro atoms. The number of furan rings is 1. The Morgan fingerprint density at radius 2 is 0.935 bits per heavy atom. The summed E-state index contributed by atoms with van der Waals surface area (Å²) >= 11 is 0. The van der Waals surface area contributed by atoms with Gasteiger partial charge in [0.05, 0.1) is 11.0 Å². The molecule has 9 rings (SSSR count). The summed E-state index contributed by atoms with van der Waals surface area (Å²) in [5.74, 6) is 0. The van der Waals surface area contributed by atoms with Gasteiger partial charge in [0.25, 0.3) is 0 Å². The van der Waals surface area contributed by atoms with E-state index in [0.29, 0.717) is 0 Å². The highest BCUT2D eigenvalue weighted by atomic mass is 16.3. The molecule has 46 heavy (non-hydrogen) atoms. The van der Waals surface area contributed by atoms with E-state index in [1.807, 2.05) is 12.1 Å². The van der Waals surface area contributed by atoms with E-state index >= 15 is 0 Å². The number of anilines is 3. The van der Waals surface area contributed by atoms with E-state index in [0.717, 1.165) is 44.7 Å². The van der Waals surface area contributed by atoms with Gasteiger partial charge in [0, 0.05) is 44.3 Å². The number of hydrogen-bond acceptors (Lipinski definition) is 2. The van der Waals surface area contributed by atoms with E-state index in [4.69, 9.17) is 4.42 Å². The predicted molar refractivity (Wildman–Crippen MR) is 193 cm³/mol. The minimum atomic E-state index is 0.913. The van der Waals surface area contributed by atoms with Crippen LogP contribution in [0.3, 0.4) is 0 Å². The molecule has 0 atom stereocenters. The van der Waals surface area contributed by atoms with Crippen LogP contribution in [-0.2, 0) is 0 Å². The van der Waals surface area contributed by atoms with Crippen molar-refractivity contribution in [3.8, 4) is 16.8 Å². The topological polar surface area (TPSA) is 21.3 Å². The minimum absolute atomic E-state index is 0.913. The first kappa shape index (κ1) is 26.4. The molecule has 0 N–H and O–H groups in total. The molecule has 0 aliphatic rings. The van der Waals surface area contributed by atoms with Crippen molar-refractivity contribution in [1.29, 1.82) is 0 Å². The molecule has 9 aromatic rings. The van der Waals surface area contributed by atoms with Crippen molar-refractivity contribution in [3.05, 3.63) is 169 Å². The fourth-order valence-electron chi connectivity index (χ4n) is 6.80. The van der Waals surface area contributed by atoms with Gasteiger partial charge in [-0.3, -0.25) is 0 Å². The van der Waals surface area contributed by atoms with Crippen LogP contribution in [0.5, 0.6) is 0 Å². The van der Waals surface area contributed by atoms with E-state index in [2.05, 4.69) is 168 Å². The molecule has 0 unspecified atom stereocenters. The normalized spacial score (nSPS) is 11.6. The first-order valence-electron chi connectivity index (χ1n) is 15.7. The Morgan fingerprint density at radius 1 is 0.435 bits per heavy atom. The number of aryl methyl sites for hydroxylation is 1. The predicted octanol–water partition coefficient (Wildman–Crippen LogP) is 12.1. The molecule has 2 aromatic heterocycles. The van der Waals surface area contributed by atoms with Crippen molar-refractivity contribution in [1.82, 2.24) is 4.57 Å². The van der Waals surface area contributed by atoms with Crippen molar-refractivity contribution < 1.29 is 4.42 Å². The number of fused-ring (bicyclic) bond motifs is 6. The zero-order valence-electron chi connectivity index (χ0n) is 25.4. The van der Waals surface area contributed by atoms with Crippen LogP contribution >= 0.6 is 0 Å². The Kier molecular flexibility index (Phi) is 6.04. The molecule has 0 fully saturated rings. The number of hydrogen-bond donors (Lipinski definition) is 0. The third-order valence-corrected chi connectivity index (χ3v) is 9.07. The maximum absolute atomic E-state index is 6.07. The quantitative estimate of drug-likeness (QED) is 0.199. The number of para-hydroxylation sites is 3. The first-order valence-corrected chi connectivity index (χ1v) is 15.7. The molecule has 0 saturated carbocycles. The summed E-state index contributed by atoms with van der Waals surface area (Å²) in [4.78, 5) is 2.33. The van der Waals surface area contributed by atoms with Gasteiger partial charge in [0.15, 0.2) is 0 Å². The Bertz CT molecular complexity index is 2460. The second-order valence-corrected chi connectivity index (χ2v) is 11.9. The highest BCUT2D eigenvalue weighted by Crippen LogP contribution is 2.38. The van der Waals surface area contributed by atoms with Crippen LogP contribution in [0.25, 0.3) is 60.6 Å². The van der Waals surface area contributed by atoms with Crippen LogP contribution in [0.15, 0.2) is 168 Å². The van der Waals surface area contributed by atoms with Gasteiger partial charge < -0.3 is 13.9 Å². The summed E-state index contributed by atoms with van der Waals surface area (Å²) < 4.78 is 8.43. The maximum atomic E-state index is 6.07. The highest BCUT2D eigenvalue weighted by molar-refractivity contribution is 6.09. The van der Waals surface area contributed by atoms with Crippen LogP contribution in [0.2, 0.25) is 0 Å². The average Bonchev–Trinajstić information content (AvgIpc) is 3.65. The molecule has 7 aromatic carbocycles. The molecule has 0 saturated heterocycles. The molecule has 0 radical (unpaired) electrons. The number of benzene rings is 7. The third-order valence-electron chi connectivity index (χ3n) is 9.07. The van der Waals surface area contributed by atoms with E-state index in [1.165, 1.54) is 38.5 Å². The SMILES string of the molecule is Cc1ccc(N(c2ccc(-c3ccc4oc5ccccc5c4c3)cc2)c2ccc(-n3c4ccccc4c4ccccc43)cc2)cc1. The van der Waals surface area contributed by atoms with Crippen molar-refractivity contribution >= 4 is 60.8 Å². The molecule has 2 heterocycles. The lowest BCUT2D eigenvalue weighted by atomic mass is 10.0. The van der Waals surface area contributed by atoms with Crippen molar-refractivity contribution in [2.75, 3.05) is 4.90 Å². The molecule has 3 nitrogen and oxygen atoms in total. The average molecular weight is 591 g/mol. The Labute approximate surface area is 267 Å². The fraction of sp³-hybridized carbons (Fsp3) is 0.0233. The second-order valence-electron chi connectivity index (χ2n) is 11.9. The second kappa shape index (κ2) is 10.5. The maximum Gasteiger partial charge on any atom is 0.135 e. The van der Waals surface area contributed by atoms with Crippen LogP contribution in [0.1, 0.15) is 5.56 Å². The van der Waals surface area contributed by atoms with Crippen LogP contribution < -0.4 is 4.90 Å². The molecule has 0 aliphatic carbocycles. The standard InChI is InChI=1S/C43H30N2O/c1-29-14-19-32(20-15-29)44(33-21-16-30(17-22-33)31-18-27-43-39(28-31)38-10-4-7-13-42(38)46-43)34-23-25-35(26-24-34)45-40-11-5-2-8-36(40)37-9-3-6-12-41(37)45/h2-28H,1H3. The number of nitrogens with zero attached hydrogens (tertiary/aromatic N) is 2. The van der Waals surface area contributed by atoms with E-state index in [9.17, 15) is 0 Å². The van der Waals surface area contributed by atoms with E-state index in [1.54, 1.807) is 0 Å². The lowest BCUT2D eigenvalue weighted by Gasteiger charge is -2.26. The highest BCUT2D eigenvalue weighted by Gasteiger charge is 2.16. The minimum Gasteiger partial charge on any atom is -0.456 e. The molecule has 218 valence electrons. The van der Waals surface area contributed by atoms with Gasteiger partial charge in [-0.05, 0) is 96.9 Å². The summed E-state index contributed by atoms with van der Waals surface area (Å²) in [6, 6.07) is 58.5. The van der Waals surface area contributed by atoms with Crippen LogP contribution in [0, 0.1) is 6.92 Å². The lowest BCUT2D eigenvalue weighted by molar-refractivity contribution is 0.669. The zero-order valence-corrected chi connectivity index (χ0v) is 25.4. The fourth-order valence-corrected chi connectivity index (χ4v) is 6.80. The summed E-state index contributed by atoms with van der Waals surface area (Å²) in [5.41, 5.74) is 12.3. The molecule has 0 bridgehead atoms. The van der Waals surface area contributed by atoms with Gasteiger partial charge >= 0.3 is 0 Å². The molecule has 0 aliphatic heterocycles. The Morgan fingerprint density at radius 3 is 1.59 bits per heavy atom. The summed E-state index contributed by atoms with van der Waals surface area (Å²) in [6.45, 7) is 2.13. The summed E-state index contributed by atoms with van der Waals surface area (Å²) in [7, 11) is 0. The van der Waals surface area contributed by atoms with Crippen molar-refractivity contribution in [2.45, 2.75) is 6.92 Å². The van der Waals surface area contributed by atoms with Gasteiger partial charge in [-0.15, -0.1) is 0 Å². The lowest BCUT2D eigenvalue weighted by Crippen LogP contribution is -2.10. The number of rotatable bonds is 5. The van der Waals surface area contributed by atoms with Gasteiger partial charge in [0.1, 0.15) is 11.2 Å².